The summed E-state index contributed by atoms with van der Waals surface area (Å²) in [6.07, 6.45) is -0.361. The molecule has 8 heteroatoms. The summed E-state index contributed by atoms with van der Waals surface area (Å²) in [5, 5.41) is 14.4. The smallest absolute Gasteiger partial charge is 0.241 e. The maximum atomic E-state index is 13.6. The van der Waals surface area contributed by atoms with Crippen LogP contribution in [0.2, 0.25) is 0 Å². The molecule has 1 heterocycles. The van der Waals surface area contributed by atoms with Crippen LogP contribution in [0.4, 0.5) is 14.5 Å². The van der Waals surface area contributed by atoms with Gasteiger partial charge < -0.3 is 20.5 Å². The van der Waals surface area contributed by atoms with Gasteiger partial charge >= 0.3 is 0 Å². The number of amides is 1. The zero-order valence-corrected chi connectivity index (χ0v) is 11.5. The van der Waals surface area contributed by atoms with Crippen molar-refractivity contribution in [2.75, 3.05) is 19.0 Å². The summed E-state index contributed by atoms with van der Waals surface area (Å²) in [4.78, 5) is 11.8. The fourth-order valence-electron chi connectivity index (χ4n) is 1.92. The Morgan fingerprint density at radius 3 is 2.70 bits per heavy atom. The number of ether oxygens (including phenoxy) is 1. The summed E-state index contributed by atoms with van der Waals surface area (Å²) in [6.45, 7) is 0.303. The lowest BCUT2D eigenvalue weighted by Gasteiger charge is -2.12. The summed E-state index contributed by atoms with van der Waals surface area (Å²) in [6, 6.07) is 1.11. The Hall–Kier alpha value is -1.44. The van der Waals surface area contributed by atoms with Crippen LogP contribution < -0.4 is 15.4 Å². The molecule has 0 radical (unpaired) electrons. The minimum absolute atomic E-state index is 0. The predicted octanol–water partition coefficient (Wildman–Crippen LogP) is 1.06. The molecule has 3 N–H and O–H groups in total. The van der Waals surface area contributed by atoms with Crippen LogP contribution in [0, 0.1) is 11.6 Å². The van der Waals surface area contributed by atoms with Gasteiger partial charge in [0, 0.05) is 18.7 Å². The minimum Gasteiger partial charge on any atom is -0.494 e. The molecule has 1 saturated heterocycles. The van der Waals surface area contributed by atoms with Crippen LogP contribution in [-0.2, 0) is 4.79 Å². The van der Waals surface area contributed by atoms with Gasteiger partial charge in [0.1, 0.15) is 0 Å². The standard InChI is InChI=1S/C12H14F2N2O3.ClH/c1-19-11-4-7(13)9(3-8(11)14)16-12(18)10-2-6(17)5-15-10;/h3-4,6,10,15,17H,2,5H2,1H3,(H,16,18);1H. The molecule has 5 nitrogen and oxygen atoms in total. The third-order valence-corrected chi connectivity index (χ3v) is 2.92. The summed E-state index contributed by atoms with van der Waals surface area (Å²) in [7, 11) is 1.22. The first-order chi connectivity index (χ1) is 9.01. The van der Waals surface area contributed by atoms with Gasteiger partial charge in [-0.1, -0.05) is 0 Å². The highest BCUT2D eigenvalue weighted by Gasteiger charge is 2.28. The fraction of sp³-hybridized carbons (Fsp3) is 0.417. The Morgan fingerprint density at radius 1 is 1.45 bits per heavy atom. The van der Waals surface area contributed by atoms with Gasteiger partial charge in [0.25, 0.3) is 0 Å². The highest BCUT2D eigenvalue weighted by Crippen LogP contribution is 2.25. The van der Waals surface area contributed by atoms with E-state index in [9.17, 15) is 18.7 Å². The molecule has 0 bridgehead atoms. The van der Waals surface area contributed by atoms with Crippen LogP contribution in [0.3, 0.4) is 0 Å². The number of carbonyl (C=O) groups excluding carboxylic acids is 1. The number of hydrogen-bond acceptors (Lipinski definition) is 4. The van der Waals surface area contributed by atoms with Crippen LogP contribution in [0.1, 0.15) is 6.42 Å². The molecule has 0 aromatic heterocycles. The van der Waals surface area contributed by atoms with E-state index in [1.54, 1.807) is 0 Å². The molecule has 2 unspecified atom stereocenters. The van der Waals surface area contributed by atoms with Gasteiger partial charge in [-0.3, -0.25) is 4.79 Å². The molecule has 2 rings (SSSR count). The average molecular weight is 309 g/mol. The van der Waals surface area contributed by atoms with Crippen molar-refractivity contribution >= 4 is 24.0 Å². The second-order valence-electron chi connectivity index (χ2n) is 4.31. The number of aliphatic hydroxyl groups excluding tert-OH is 1. The number of hydrogen-bond donors (Lipinski definition) is 3. The van der Waals surface area contributed by atoms with Crippen molar-refractivity contribution in [3.8, 4) is 5.75 Å². The fourth-order valence-corrected chi connectivity index (χ4v) is 1.92. The largest absolute Gasteiger partial charge is 0.494 e. The van der Waals surface area contributed by atoms with Gasteiger partial charge in [0.2, 0.25) is 5.91 Å². The lowest BCUT2D eigenvalue weighted by Crippen LogP contribution is -2.35. The zero-order valence-electron chi connectivity index (χ0n) is 10.7. The van der Waals surface area contributed by atoms with E-state index < -0.39 is 29.7 Å². The Balaban J connectivity index is 0.00000200. The van der Waals surface area contributed by atoms with Crippen molar-refractivity contribution in [1.82, 2.24) is 5.32 Å². The van der Waals surface area contributed by atoms with Crippen molar-refractivity contribution in [2.24, 2.45) is 0 Å². The normalized spacial score (nSPS) is 21.2. The number of halogens is 3. The zero-order chi connectivity index (χ0) is 14.0. The molecular weight excluding hydrogens is 294 g/mol. The van der Waals surface area contributed by atoms with E-state index in [1.165, 1.54) is 7.11 Å². The van der Waals surface area contributed by atoms with E-state index >= 15 is 0 Å². The van der Waals surface area contributed by atoms with Crippen LogP contribution in [0.25, 0.3) is 0 Å². The third kappa shape index (κ3) is 3.56. The minimum atomic E-state index is -0.787. The second kappa shape index (κ2) is 6.83. The van der Waals surface area contributed by atoms with Crippen molar-refractivity contribution in [1.29, 1.82) is 0 Å². The summed E-state index contributed by atoms with van der Waals surface area (Å²) >= 11 is 0. The highest BCUT2D eigenvalue weighted by atomic mass is 35.5. The molecule has 1 amide bonds. The monoisotopic (exact) mass is 308 g/mol. The number of benzene rings is 1. The van der Waals surface area contributed by atoms with Crippen LogP contribution in [0.5, 0.6) is 5.75 Å². The number of carbonyl (C=O) groups is 1. The van der Waals surface area contributed by atoms with Crippen LogP contribution in [-0.4, -0.2) is 36.8 Å². The lowest BCUT2D eigenvalue weighted by molar-refractivity contribution is -0.118. The van der Waals surface area contributed by atoms with Gasteiger partial charge in [-0.25, -0.2) is 8.78 Å². The molecule has 1 fully saturated rings. The predicted molar refractivity (Wildman–Crippen MR) is 71.2 cm³/mol. The second-order valence-corrected chi connectivity index (χ2v) is 4.31. The van der Waals surface area contributed by atoms with E-state index in [0.717, 1.165) is 12.1 Å². The number of β-amino-alcohol motifs (C(OH)–C–C–N with tert-alkyl or cyclic N) is 1. The first kappa shape index (κ1) is 16.6. The van der Waals surface area contributed by atoms with Gasteiger partial charge in [0.15, 0.2) is 17.4 Å². The molecule has 0 aliphatic carbocycles. The Morgan fingerprint density at radius 2 is 2.15 bits per heavy atom. The lowest BCUT2D eigenvalue weighted by atomic mass is 10.2. The van der Waals surface area contributed by atoms with E-state index in [2.05, 4.69) is 15.4 Å². The number of nitrogens with one attached hydrogen (secondary N) is 2. The molecule has 0 saturated carbocycles. The summed E-state index contributed by atoms with van der Waals surface area (Å²) in [5.74, 6) is -2.30. The van der Waals surface area contributed by atoms with Gasteiger partial charge in [0.05, 0.1) is 24.9 Å². The van der Waals surface area contributed by atoms with Gasteiger partial charge in [-0.2, -0.15) is 0 Å². The Bertz CT molecular complexity index is 502. The molecule has 0 spiro atoms. The Kier molecular flexibility index (Phi) is 5.67. The maximum absolute atomic E-state index is 13.6. The van der Waals surface area contributed by atoms with Crippen molar-refractivity contribution in [3.05, 3.63) is 23.8 Å². The van der Waals surface area contributed by atoms with E-state index in [4.69, 9.17) is 0 Å². The van der Waals surface area contributed by atoms with Crippen molar-refractivity contribution < 1.29 is 23.4 Å². The SMILES string of the molecule is COc1cc(F)c(NC(=O)C2CC(O)CN2)cc1F.Cl. The van der Waals surface area contributed by atoms with Crippen LogP contribution in [0.15, 0.2) is 12.1 Å². The van der Waals surface area contributed by atoms with Gasteiger partial charge in [-0.15, -0.1) is 12.4 Å². The van der Waals surface area contributed by atoms with Crippen molar-refractivity contribution in [2.45, 2.75) is 18.6 Å². The van der Waals surface area contributed by atoms with E-state index in [-0.39, 0.29) is 30.3 Å². The molecule has 2 atom stereocenters. The first-order valence-electron chi connectivity index (χ1n) is 5.76. The molecule has 1 aliphatic heterocycles. The summed E-state index contributed by atoms with van der Waals surface area (Å²) in [5.41, 5.74) is -0.258. The number of rotatable bonds is 3. The average Bonchev–Trinajstić information content (AvgIpc) is 2.80. The molecule has 1 aliphatic rings. The molecule has 112 valence electrons. The summed E-state index contributed by atoms with van der Waals surface area (Å²) < 4.78 is 31.7. The Labute approximate surface area is 120 Å². The van der Waals surface area contributed by atoms with E-state index in [1.807, 2.05) is 0 Å². The van der Waals surface area contributed by atoms with Crippen LogP contribution >= 0.6 is 12.4 Å². The van der Waals surface area contributed by atoms with E-state index in [0.29, 0.717) is 6.54 Å². The molecule has 20 heavy (non-hydrogen) atoms. The molecule has 1 aromatic carbocycles. The number of anilines is 1. The number of methoxy groups -OCH3 is 1. The molecular formula is C12H15ClF2N2O3. The quantitative estimate of drug-likeness (QED) is 0.781. The van der Waals surface area contributed by atoms with Gasteiger partial charge in [-0.05, 0) is 6.42 Å². The maximum Gasteiger partial charge on any atom is 0.241 e. The third-order valence-electron chi connectivity index (χ3n) is 2.92. The topological polar surface area (TPSA) is 70.6 Å². The first-order valence-corrected chi connectivity index (χ1v) is 5.76. The highest BCUT2D eigenvalue weighted by molar-refractivity contribution is 5.95. The van der Waals surface area contributed by atoms with Crippen molar-refractivity contribution in [3.63, 3.8) is 0 Å². The molecule has 1 aromatic rings. The number of aliphatic hydroxyl groups is 1.